The van der Waals surface area contributed by atoms with E-state index in [0.29, 0.717) is 6.61 Å². The molecule has 1 atom stereocenters. The summed E-state index contributed by atoms with van der Waals surface area (Å²) in [6.45, 7) is 5.66. The van der Waals surface area contributed by atoms with Gasteiger partial charge in [-0.05, 0) is 13.0 Å². The lowest BCUT2D eigenvalue weighted by Gasteiger charge is -2.29. The molecule has 0 saturated carbocycles. The summed E-state index contributed by atoms with van der Waals surface area (Å²) in [6.07, 6.45) is 1.85. The molecule has 0 radical (unpaired) electrons. The molecule has 1 saturated heterocycles. The van der Waals surface area contributed by atoms with Crippen LogP contribution < -0.4 is 0 Å². The fraction of sp³-hybridized carbons (Fsp3) is 0.875. The molecule has 1 unspecified atom stereocenters. The summed E-state index contributed by atoms with van der Waals surface area (Å²) < 4.78 is 5.19. The molecule has 0 N–H and O–H groups in total. The van der Waals surface area contributed by atoms with E-state index in [1.165, 1.54) is 0 Å². The number of rotatable bonds is 3. The number of carbonyl (C=O) groups is 1. The van der Waals surface area contributed by atoms with E-state index in [2.05, 4.69) is 11.8 Å². The van der Waals surface area contributed by atoms with Gasteiger partial charge >= 0.3 is 0 Å². The zero-order valence-corrected chi connectivity index (χ0v) is 6.95. The average molecular weight is 157 g/mol. The monoisotopic (exact) mass is 157 g/mol. The highest BCUT2D eigenvalue weighted by atomic mass is 16.5. The highest BCUT2D eigenvalue weighted by molar-refractivity contribution is 5.56. The number of hydrogen-bond donors (Lipinski definition) is 0. The van der Waals surface area contributed by atoms with Crippen LogP contribution in [-0.4, -0.2) is 43.5 Å². The van der Waals surface area contributed by atoms with E-state index in [9.17, 15) is 4.79 Å². The Morgan fingerprint density at radius 2 is 2.55 bits per heavy atom. The molecule has 3 nitrogen and oxygen atoms in total. The topological polar surface area (TPSA) is 29.5 Å². The Kier molecular flexibility index (Phi) is 3.52. The van der Waals surface area contributed by atoms with Gasteiger partial charge in [0.2, 0.25) is 0 Å². The largest absolute Gasteiger partial charge is 0.368 e. The van der Waals surface area contributed by atoms with E-state index in [4.69, 9.17) is 4.74 Å². The molecule has 1 aliphatic rings. The minimum Gasteiger partial charge on any atom is -0.368 e. The molecule has 0 bridgehead atoms. The van der Waals surface area contributed by atoms with Crippen LogP contribution >= 0.6 is 0 Å². The molecule has 0 aromatic rings. The van der Waals surface area contributed by atoms with Crippen LogP contribution in [0.4, 0.5) is 0 Å². The molecule has 0 amide bonds. The summed E-state index contributed by atoms with van der Waals surface area (Å²) in [5.41, 5.74) is 0. The predicted octanol–water partition coefficient (Wildman–Crippen LogP) is 0.296. The van der Waals surface area contributed by atoms with Gasteiger partial charge in [-0.1, -0.05) is 6.92 Å². The maximum absolute atomic E-state index is 10.4. The third kappa shape index (κ3) is 2.60. The van der Waals surface area contributed by atoms with Crippen LogP contribution in [0.2, 0.25) is 0 Å². The number of carbonyl (C=O) groups excluding carboxylic acids is 1. The zero-order chi connectivity index (χ0) is 8.10. The molecule has 0 spiro atoms. The highest BCUT2D eigenvalue weighted by Gasteiger charge is 2.18. The van der Waals surface area contributed by atoms with Crippen LogP contribution in [0.5, 0.6) is 0 Å². The molecule has 0 aromatic heterocycles. The smallest absolute Gasteiger partial charge is 0.150 e. The first kappa shape index (κ1) is 8.68. The fourth-order valence-corrected chi connectivity index (χ4v) is 1.33. The van der Waals surface area contributed by atoms with Crippen LogP contribution in [0, 0.1) is 0 Å². The first-order valence-corrected chi connectivity index (χ1v) is 4.16. The van der Waals surface area contributed by atoms with Gasteiger partial charge in [0.25, 0.3) is 0 Å². The molecule has 3 heteroatoms. The Bertz CT molecular complexity index is 125. The molecule has 0 aromatic carbocycles. The van der Waals surface area contributed by atoms with Crippen LogP contribution in [0.15, 0.2) is 0 Å². The summed E-state index contributed by atoms with van der Waals surface area (Å²) in [5, 5.41) is 0. The van der Waals surface area contributed by atoms with Gasteiger partial charge in [0.05, 0.1) is 6.61 Å². The van der Waals surface area contributed by atoms with Gasteiger partial charge < -0.3 is 9.53 Å². The van der Waals surface area contributed by atoms with Gasteiger partial charge in [0.15, 0.2) is 0 Å². The third-order valence-electron chi connectivity index (χ3n) is 1.87. The van der Waals surface area contributed by atoms with Crippen molar-refractivity contribution in [2.45, 2.75) is 19.4 Å². The van der Waals surface area contributed by atoms with Crippen molar-refractivity contribution in [3.8, 4) is 0 Å². The van der Waals surface area contributed by atoms with Crippen molar-refractivity contribution in [2.24, 2.45) is 0 Å². The summed E-state index contributed by atoms with van der Waals surface area (Å²) >= 11 is 0. The van der Waals surface area contributed by atoms with Gasteiger partial charge in [-0.2, -0.15) is 0 Å². The van der Waals surface area contributed by atoms with Gasteiger partial charge in [-0.15, -0.1) is 0 Å². The number of morpholine rings is 1. The van der Waals surface area contributed by atoms with Gasteiger partial charge in [0.1, 0.15) is 12.4 Å². The van der Waals surface area contributed by atoms with Crippen LogP contribution in [0.25, 0.3) is 0 Å². The predicted molar refractivity (Wildman–Crippen MR) is 42.5 cm³/mol. The Balaban J connectivity index is 2.27. The number of aldehydes is 1. The number of hydrogen-bond acceptors (Lipinski definition) is 3. The second-order valence-electron chi connectivity index (χ2n) is 2.85. The van der Waals surface area contributed by atoms with Crippen molar-refractivity contribution in [1.82, 2.24) is 4.90 Å². The standard InChI is InChI=1S/C8H15NO2/c1-2-3-9-4-5-11-8(6-9)7-10/h7-8H,2-6H2,1H3. The van der Waals surface area contributed by atoms with E-state index >= 15 is 0 Å². The Morgan fingerprint density at radius 1 is 1.73 bits per heavy atom. The second-order valence-corrected chi connectivity index (χ2v) is 2.85. The van der Waals surface area contributed by atoms with Crippen LogP contribution in [-0.2, 0) is 9.53 Å². The molecule has 64 valence electrons. The summed E-state index contributed by atoms with van der Waals surface area (Å²) in [6, 6.07) is 0. The first-order chi connectivity index (χ1) is 5.36. The van der Waals surface area contributed by atoms with Crippen molar-refractivity contribution in [3.63, 3.8) is 0 Å². The normalized spacial score (nSPS) is 26.8. The van der Waals surface area contributed by atoms with Gasteiger partial charge in [-0.25, -0.2) is 0 Å². The number of nitrogens with zero attached hydrogens (tertiary/aromatic N) is 1. The van der Waals surface area contributed by atoms with Gasteiger partial charge in [-0.3, -0.25) is 4.90 Å². The minimum absolute atomic E-state index is 0.185. The molecule has 1 rings (SSSR count). The van der Waals surface area contributed by atoms with Crippen LogP contribution in [0.3, 0.4) is 0 Å². The van der Waals surface area contributed by atoms with E-state index in [0.717, 1.165) is 32.3 Å². The quantitative estimate of drug-likeness (QED) is 0.552. The first-order valence-electron chi connectivity index (χ1n) is 4.16. The van der Waals surface area contributed by atoms with E-state index in [1.54, 1.807) is 0 Å². The lowest BCUT2D eigenvalue weighted by atomic mass is 10.3. The minimum atomic E-state index is -0.185. The van der Waals surface area contributed by atoms with E-state index in [1.807, 2.05) is 0 Å². The Morgan fingerprint density at radius 3 is 3.18 bits per heavy atom. The fourth-order valence-electron chi connectivity index (χ4n) is 1.33. The van der Waals surface area contributed by atoms with Crippen molar-refractivity contribution in [3.05, 3.63) is 0 Å². The SMILES string of the molecule is CCCN1CCOC(C=O)C1. The Labute approximate surface area is 67.3 Å². The van der Waals surface area contributed by atoms with E-state index in [-0.39, 0.29) is 6.10 Å². The van der Waals surface area contributed by atoms with Crippen molar-refractivity contribution in [1.29, 1.82) is 0 Å². The molecule has 11 heavy (non-hydrogen) atoms. The lowest BCUT2D eigenvalue weighted by Crippen LogP contribution is -2.43. The molecule has 1 fully saturated rings. The van der Waals surface area contributed by atoms with E-state index < -0.39 is 0 Å². The second kappa shape index (κ2) is 4.46. The lowest BCUT2D eigenvalue weighted by molar-refractivity contribution is -0.123. The maximum atomic E-state index is 10.4. The number of ether oxygens (including phenoxy) is 1. The van der Waals surface area contributed by atoms with Crippen molar-refractivity contribution < 1.29 is 9.53 Å². The summed E-state index contributed by atoms with van der Waals surface area (Å²) in [7, 11) is 0. The highest BCUT2D eigenvalue weighted by Crippen LogP contribution is 2.02. The van der Waals surface area contributed by atoms with Crippen LogP contribution in [0.1, 0.15) is 13.3 Å². The maximum Gasteiger partial charge on any atom is 0.150 e. The third-order valence-corrected chi connectivity index (χ3v) is 1.87. The molecular formula is C8H15NO2. The average Bonchev–Trinajstić information content (AvgIpc) is 2.06. The zero-order valence-electron chi connectivity index (χ0n) is 6.95. The van der Waals surface area contributed by atoms with Crippen molar-refractivity contribution >= 4 is 6.29 Å². The summed E-state index contributed by atoms with van der Waals surface area (Å²) in [5.74, 6) is 0. The van der Waals surface area contributed by atoms with Crippen molar-refractivity contribution in [2.75, 3.05) is 26.2 Å². The summed E-state index contributed by atoms with van der Waals surface area (Å²) in [4.78, 5) is 12.6. The molecule has 1 heterocycles. The Hall–Kier alpha value is -0.410. The molecule has 1 aliphatic heterocycles. The van der Waals surface area contributed by atoms with Gasteiger partial charge in [0, 0.05) is 13.1 Å². The molecular weight excluding hydrogens is 142 g/mol. The molecule has 0 aliphatic carbocycles.